The van der Waals surface area contributed by atoms with Crippen molar-refractivity contribution in [1.29, 1.82) is 0 Å². The third-order valence-electron chi connectivity index (χ3n) is 4.35. The molecule has 0 aliphatic carbocycles. The monoisotopic (exact) mass is 373 g/mol. The molecule has 1 aromatic heterocycles. The summed E-state index contributed by atoms with van der Waals surface area (Å²) in [6.45, 7) is 3.89. The zero-order valence-corrected chi connectivity index (χ0v) is 15.1. The molecule has 3 aromatic rings. The van der Waals surface area contributed by atoms with E-state index in [9.17, 15) is 18.0 Å². The van der Waals surface area contributed by atoms with Crippen LogP contribution in [-0.2, 0) is 7.05 Å². The Balaban J connectivity index is 2.01. The van der Waals surface area contributed by atoms with Crippen LogP contribution in [0.3, 0.4) is 0 Å². The van der Waals surface area contributed by atoms with Gasteiger partial charge in [-0.1, -0.05) is 18.2 Å². The maximum atomic E-state index is 13.8. The quantitative estimate of drug-likeness (QED) is 0.697. The van der Waals surface area contributed by atoms with Gasteiger partial charge >= 0.3 is 0 Å². The molecule has 3 rings (SSSR count). The number of benzene rings is 2. The lowest BCUT2D eigenvalue weighted by molar-refractivity contribution is 0.100. The molecule has 1 heterocycles. The van der Waals surface area contributed by atoms with Crippen LogP contribution in [0.25, 0.3) is 11.1 Å². The lowest BCUT2D eigenvalue weighted by atomic mass is 9.99. The first-order valence-electron chi connectivity index (χ1n) is 8.26. The molecule has 4 nitrogen and oxygen atoms in total. The van der Waals surface area contributed by atoms with Crippen molar-refractivity contribution in [3.63, 3.8) is 0 Å². The van der Waals surface area contributed by atoms with Crippen LogP contribution in [0.4, 0.5) is 18.9 Å². The maximum absolute atomic E-state index is 13.8. The molecule has 2 aromatic carbocycles. The van der Waals surface area contributed by atoms with Crippen LogP contribution in [0.15, 0.2) is 42.6 Å². The van der Waals surface area contributed by atoms with Crippen LogP contribution in [0.5, 0.6) is 0 Å². The van der Waals surface area contributed by atoms with Crippen LogP contribution < -0.4 is 5.32 Å². The zero-order chi connectivity index (χ0) is 19.7. The van der Waals surface area contributed by atoms with E-state index in [0.29, 0.717) is 16.8 Å². The molecule has 0 aliphatic heterocycles. The Labute approximate surface area is 154 Å². The summed E-state index contributed by atoms with van der Waals surface area (Å²) in [4.78, 5) is 12.5. The van der Waals surface area contributed by atoms with Crippen LogP contribution in [0, 0.1) is 19.7 Å². The second kappa shape index (κ2) is 7.26. The van der Waals surface area contributed by atoms with Gasteiger partial charge in [0.25, 0.3) is 12.3 Å². The number of nitrogens with one attached hydrogen (secondary N) is 1. The highest BCUT2D eigenvalue weighted by Crippen LogP contribution is 2.31. The molecule has 0 unspecified atom stereocenters. The summed E-state index contributed by atoms with van der Waals surface area (Å²) in [6, 6.07) is 9.50. The Kier molecular flexibility index (Phi) is 5.03. The smallest absolute Gasteiger partial charge is 0.276 e. The summed E-state index contributed by atoms with van der Waals surface area (Å²) in [7, 11) is 1.46. The molecule has 0 radical (unpaired) electrons. The summed E-state index contributed by atoms with van der Waals surface area (Å²) in [5, 5.41) is 6.40. The average Bonchev–Trinajstić information content (AvgIpc) is 3.01. The summed E-state index contributed by atoms with van der Waals surface area (Å²) >= 11 is 0. The number of amides is 1. The van der Waals surface area contributed by atoms with Gasteiger partial charge in [-0.2, -0.15) is 5.10 Å². The molecule has 0 aliphatic rings. The molecule has 0 bridgehead atoms. The molecule has 0 saturated heterocycles. The third kappa shape index (κ3) is 3.86. The summed E-state index contributed by atoms with van der Waals surface area (Å²) in [6.07, 6.45) is -1.72. The van der Waals surface area contributed by atoms with Crippen molar-refractivity contribution in [2.24, 2.45) is 7.05 Å². The SMILES string of the molecule is Cc1ccc(-c2cc(F)ccc2NC(=O)c2nn(C)cc2C(F)F)cc1C. The van der Waals surface area contributed by atoms with Crippen molar-refractivity contribution in [2.75, 3.05) is 5.32 Å². The van der Waals surface area contributed by atoms with Gasteiger partial charge in [-0.05, 0) is 48.7 Å². The fourth-order valence-corrected chi connectivity index (χ4v) is 2.80. The van der Waals surface area contributed by atoms with Crippen molar-refractivity contribution in [1.82, 2.24) is 9.78 Å². The average molecular weight is 373 g/mol. The van der Waals surface area contributed by atoms with Gasteiger partial charge in [-0.3, -0.25) is 9.48 Å². The van der Waals surface area contributed by atoms with Gasteiger partial charge in [0.05, 0.1) is 5.56 Å². The molecule has 7 heteroatoms. The van der Waals surface area contributed by atoms with Crippen molar-refractivity contribution in [3.8, 4) is 11.1 Å². The highest BCUT2D eigenvalue weighted by atomic mass is 19.3. The molecular formula is C20H18F3N3O. The van der Waals surface area contributed by atoms with Crippen LogP contribution in [-0.4, -0.2) is 15.7 Å². The van der Waals surface area contributed by atoms with Crippen molar-refractivity contribution in [2.45, 2.75) is 20.3 Å². The Morgan fingerprint density at radius 3 is 2.52 bits per heavy atom. The summed E-state index contributed by atoms with van der Waals surface area (Å²) in [5.41, 5.74) is 2.77. The van der Waals surface area contributed by atoms with Gasteiger partial charge < -0.3 is 5.32 Å². The van der Waals surface area contributed by atoms with Gasteiger partial charge in [-0.25, -0.2) is 13.2 Å². The zero-order valence-electron chi connectivity index (χ0n) is 15.1. The van der Waals surface area contributed by atoms with Crippen molar-refractivity contribution in [3.05, 3.63) is 70.8 Å². The summed E-state index contributed by atoms with van der Waals surface area (Å²) < 4.78 is 41.2. The number of hydrogen-bond acceptors (Lipinski definition) is 2. The maximum Gasteiger partial charge on any atom is 0.276 e. The van der Waals surface area contributed by atoms with E-state index in [4.69, 9.17) is 0 Å². The molecule has 1 N–H and O–H groups in total. The van der Waals surface area contributed by atoms with E-state index in [0.717, 1.165) is 22.0 Å². The number of aryl methyl sites for hydroxylation is 3. The number of rotatable bonds is 4. The minimum Gasteiger partial charge on any atom is -0.320 e. The van der Waals surface area contributed by atoms with Crippen LogP contribution in [0.2, 0.25) is 0 Å². The molecule has 140 valence electrons. The van der Waals surface area contributed by atoms with Gasteiger partial charge in [0.2, 0.25) is 0 Å². The normalized spacial score (nSPS) is 11.1. The molecule has 0 fully saturated rings. The predicted octanol–water partition coefficient (Wildman–Crippen LogP) is 5.03. The van der Waals surface area contributed by atoms with Gasteiger partial charge in [-0.15, -0.1) is 0 Å². The number of alkyl halides is 2. The van der Waals surface area contributed by atoms with Crippen LogP contribution >= 0.6 is 0 Å². The van der Waals surface area contributed by atoms with Gasteiger partial charge in [0.1, 0.15) is 5.82 Å². The van der Waals surface area contributed by atoms with Crippen molar-refractivity contribution >= 4 is 11.6 Å². The molecule has 0 spiro atoms. The van der Waals surface area contributed by atoms with Gasteiger partial charge in [0.15, 0.2) is 5.69 Å². The van der Waals surface area contributed by atoms with E-state index >= 15 is 0 Å². The fourth-order valence-electron chi connectivity index (χ4n) is 2.80. The van der Waals surface area contributed by atoms with E-state index in [1.807, 2.05) is 32.0 Å². The number of hydrogen-bond donors (Lipinski definition) is 1. The number of nitrogens with zero attached hydrogens (tertiary/aromatic N) is 2. The largest absolute Gasteiger partial charge is 0.320 e. The third-order valence-corrected chi connectivity index (χ3v) is 4.35. The Morgan fingerprint density at radius 2 is 1.85 bits per heavy atom. The Hall–Kier alpha value is -3.09. The second-order valence-corrected chi connectivity index (χ2v) is 6.35. The second-order valence-electron chi connectivity index (χ2n) is 6.35. The molecule has 0 saturated carbocycles. The van der Waals surface area contributed by atoms with E-state index in [1.165, 1.54) is 25.2 Å². The highest BCUT2D eigenvalue weighted by Gasteiger charge is 2.23. The van der Waals surface area contributed by atoms with Gasteiger partial charge in [0, 0.05) is 24.5 Å². The first-order valence-corrected chi connectivity index (χ1v) is 8.26. The molecule has 1 amide bonds. The van der Waals surface area contributed by atoms with Crippen molar-refractivity contribution < 1.29 is 18.0 Å². The molecule has 27 heavy (non-hydrogen) atoms. The topological polar surface area (TPSA) is 46.9 Å². The lowest BCUT2D eigenvalue weighted by Crippen LogP contribution is -2.15. The predicted molar refractivity (Wildman–Crippen MR) is 97.4 cm³/mol. The first kappa shape index (κ1) is 18.7. The van der Waals surface area contributed by atoms with Crippen LogP contribution in [0.1, 0.15) is 33.6 Å². The standard InChI is InChI=1S/C20H18F3N3O/c1-11-4-5-13(8-12(11)2)15-9-14(21)6-7-17(15)24-20(27)18-16(19(22)23)10-26(3)25-18/h4-10,19H,1-3H3,(H,24,27). The van der Waals surface area contributed by atoms with E-state index < -0.39 is 23.7 Å². The first-order chi connectivity index (χ1) is 12.8. The van der Waals surface area contributed by atoms with E-state index in [-0.39, 0.29) is 5.69 Å². The number of carbonyl (C=O) groups excluding carboxylic acids is 1. The van der Waals surface area contributed by atoms with E-state index in [1.54, 1.807) is 0 Å². The minimum absolute atomic E-state index is 0.315. The van der Waals surface area contributed by atoms with E-state index in [2.05, 4.69) is 10.4 Å². The lowest BCUT2D eigenvalue weighted by Gasteiger charge is -2.13. The number of aromatic nitrogens is 2. The summed E-state index contributed by atoms with van der Waals surface area (Å²) in [5.74, 6) is -1.24. The highest BCUT2D eigenvalue weighted by molar-refractivity contribution is 6.06. The number of halogens is 3. The molecule has 0 atom stereocenters. The fraction of sp³-hybridized carbons (Fsp3) is 0.200. The Morgan fingerprint density at radius 1 is 1.11 bits per heavy atom. The Bertz CT molecular complexity index is 1010. The number of anilines is 1. The molecular weight excluding hydrogens is 355 g/mol. The minimum atomic E-state index is -2.83. The number of carbonyl (C=O) groups is 1.